The van der Waals surface area contributed by atoms with Crippen molar-refractivity contribution in [1.29, 1.82) is 0 Å². The second-order valence-electron chi connectivity index (χ2n) is 9.58. The third kappa shape index (κ3) is 5.32. The molecular weight excluding hydrogens is 444 g/mol. The van der Waals surface area contributed by atoms with Crippen LogP contribution in [0.15, 0.2) is 42.7 Å². The molecule has 0 bridgehead atoms. The first-order valence-corrected chi connectivity index (χ1v) is 12.0. The molecule has 35 heavy (non-hydrogen) atoms. The normalized spacial score (nSPS) is 16.7. The lowest BCUT2D eigenvalue weighted by Crippen LogP contribution is -2.40. The quantitative estimate of drug-likeness (QED) is 0.520. The Morgan fingerprint density at radius 2 is 2.03 bits per heavy atom. The molecule has 2 aromatic heterocycles. The Morgan fingerprint density at radius 1 is 1.23 bits per heavy atom. The SMILES string of the molecule is COc1ccc2c(c1)c(C(=O)N1CC(=O)N(CC(C)C)C[C@@H](OCc3cccnc3)C1)c(C)n2C. The summed E-state index contributed by atoms with van der Waals surface area (Å²) in [5.74, 6) is 0.768. The Balaban J connectivity index is 1.65. The maximum Gasteiger partial charge on any atom is 0.256 e. The number of nitrogens with zero attached hydrogens (tertiary/aromatic N) is 4. The minimum absolute atomic E-state index is 0.0259. The van der Waals surface area contributed by atoms with Crippen LogP contribution in [0.2, 0.25) is 0 Å². The van der Waals surface area contributed by atoms with E-state index in [4.69, 9.17) is 9.47 Å². The molecule has 8 nitrogen and oxygen atoms in total. The molecule has 0 aliphatic carbocycles. The summed E-state index contributed by atoms with van der Waals surface area (Å²) >= 11 is 0. The molecule has 1 aromatic carbocycles. The highest BCUT2D eigenvalue weighted by molar-refractivity contribution is 6.09. The van der Waals surface area contributed by atoms with Gasteiger partial charge in [-0.05, 0) is 42.7 Å². The highest BCUT2D eigenvalue weighted by atomic mass is 16.5. The van der Waals surface area contributed by atoms with Crippen molar-refractivity contribution in [2.45, 2.75) is 33.5 Å². The van der Waals surface area contributed by atoms with Gasteiger partial charge in [0, 0.05) is 55.7 Å². The van der Waals surface area contributed by atoms with Crippen LogP contribution >= 0.6 is 0 Å². The van der Waals surface area contributed by atoms with Gasteiger partial charge in [0.15, 0.2) is 0 Å². The van der Waals surface area contributed by atoms with E-state index >= 15 is 0 Å². The molecule has 3 aromatic rings. The molecule has 186 valence electrons. The van der Waals surface area contributed by atoms with Gasteiger partial charge in [-0.3, -0.25) is 14.6 Å². The minimum atomic E-state index is -0.311. The Kier molecular flexibility index (Phi) is 7.40. The van der Waals surface area contributed by atoms with E-state index in [1.54, 1.807) is 24.4 Å². The second-order valence-corrected chi connectivity index (χ2v) is 9.58. The maximum absolute atomic E-state index is 13.9. The van der Waals surface area contributed by atoms with Crippen molar-refractivity contribution in [3.8, 4) is 5.75 Å². The van der Waals surface area contributed by atoms with Gasteiger partial charge in [-0.2, -0.15) is 0 Å². The lowest BCUT2D eigenvalue weighted by atomic mass is 10.1. The molecule has 3 heterocycles. The predicted octanol–water partition coefficient (Wildman–Crippen LogP) is 3.42. The number of benzene rings is 1. The Hall–Kier alpha value is -3.39. The first kappa shape index (κ1) is 24.7. The Bertz CT molecular complexity index is 1200. The number of fused-ring (bicyclic) bond motifs is 1. The molecule has 0 radical (unpaired) electrons. The van der Waals surface area contributed by atoms with Crippen molar-refractivity contribution in [2.24, 2.45) is 13.0 Å². The molecule has 2 amide bonds. The van der Waals surface area contributed by atoms with E-state index < -0.39 is 0 Å². The summed E-state index contributed by atoms with van der Waals surface area (Å²) in [7, 11) is 3.55. The average Bonchev–Trinajstić information content (AvgIpc) is 2.99. The van der Waals surface area contributed by atoms with E-state index in [0.29, 0.717) is 43.5 Å². The fourth-order valence-electron chi connectivity index (χ4n) is 4.66. The molecule has 1 saturated heterocycles. The van der Waals surface area contributed by atoms with Crippen LogP contribution in [0.1, 0.15) is 35.5 Å². The van der Waals surface area contributed by atoms with Gasteiger partial charge in [-0.1, -0.05) is 19.9 Å². The number of carbonyl (C=O) groups excluding carboxylic acids is 2. The van der Waals surface area contributed by atoms with Crippen LogP contribution in [-0.2, 0) is 23.2 Å². The number of aromatic nitrogens is 2. The molecule has 0 N–H and O–H groups in total. The molecular formula is C27H34N4O4. The van der Waals surface area contributed by atoms with Crippen molar-refractivity contribution in [3.05, 3.63) is 59.5 Å². The minimum Gasteiger partial charge on any atom is -0.497 e. The summed E-state index contributed by atoms with van der Waals surface area (Å²) in [5.41, 5.74) is 3.34. The fraction of sp³-hybridized carbons (Fsp3) is 0.444. The number of pyridine rings is 1. The number of rotatable bonds is 7. The highest BCUT2D eigenvalue weighted by Crippen LogP contribution is 2.30. The van der Waals surface area contributed by atoms with Crippen LogP contribution in [0.5, 0.6) is 5.75 Å². The summed E-state index contributed by atoms with van der Waals surface area (Å²) in [4.78, 5) is 34.8. The molecule has 0 spiro atoms. The largest absolute Gasteiger partial charge is 0.497 e. The number of amides is 2. The van der Waals surface area contributed by atoms with Gasteiger partial charge in [0.2, 0.25) is 5.91 Å². The monoisotopic (exact) mass is 478 g/mol. The molecule has 0 unspecified atom stereocenters. The molecule has 1 aliphatic rings. The van der Waals surface area contributed by atoms with E-state index in [9.17, 15) is 9.59 Å². The fourth-order valence-corrected chi connectivity index (χ4v) is 4.66. The Morgan fingerprint density at radius 3 is 2.71 bits per heavy atom. The van der Waals surface area contributed by atoms with Gasteiger partial charge in [0.1, 0.15) is 12.3 Å². The zero-order valence-corrected chi connectivity index (χ0v) is 21.2. The third-order valence-electron chi connectivity index (χ3n) is 6.52. The number of hydrogen-bond donors (Lipinski definition) is 0. The molecule has 0 saturated carbocycles. The summed E-state index contributed by atoms with van der Waals surface area (Å²) in [6, 6.07) is 9.55. The van der Waals surface area contributed by atoms with Crippen LogP contribution in [-0.4, -0.2) is 70.6 Å². The van der Waals surface area contributed by atoms with Crippen molar-refractivity contribution in [3.63, 3.8) is 0 Å². The molecule has 8 heteroatoms. The summed E-state index contributed by atoms with van der Waals surface area (Å²) < 4.78 is 13.6. The lowest BCUT2D eigenvalue weighted by Gasteiger charge is -2.26. The van der Waals surface area contributed by atoms with Crippen LogP contribution in [0.25, 0.3) is 10.9 Å². The van der Waals surface area contributed by atoms with Crippen LogP contribution in [0.4, 0.5) is 0 Å². The summed E-state index contributed by atoms with van der Waals surface area (Å²) in [6.07, 6.45) is 3.18. The lowest BCUT2D eigenvalue weighted by molar-refractivity contribution is -0.132. The van der Waals surface area contributed by atoms with Crippen molar-refractivity contribution in [1.82, 2.24) is 19.4 Å². The van der Waals surface area contributed by atoms with Crippen molar-refractivity contribution >= 4 is 22.7 Å². The molecule has 1 fully saturated rings. The third-order valence-corrected chi connectivity index (χ3v) is 6.52. The first-order valence-electron chi connectivity index (χ1n) is 12.0. The molecule has 4 rings (SSSR count). The van der Waals surface area contributed by atoms with Crippen LogP contribution < -0.4 is 4.74 Å². The van der Waals surface area contributed by atoms with E-state index in [0.717, 1.165) is 22.2 Å². The van der Waals surface area contributed by atoms with Crippen LogP contribution in [0.3, 0.4) is 0 Å². The first-order chi connectivity index (χ1) is 16.8. The van der Waals surface area contributed by atoms with E-state index in [2.05, 4.69) is 18.8 Å². The standard InChI is InChI=1S/C27H34N4O4/c1-18(2)13-30-14-22(35-17-20-7-6-10-28-12-20)15-31(16-25(30)32)27(33)26-19(3)29(4)24-9-8-21(34-5)11-23(24)26/h6-12,18,22H,13-17H2,1-5H3/t22-/m1/s1. The maximum atomic E-state index is 13.9. The van der Waals surface area contributed by atoms with E-state index in [1.807, 2.05) is 53.8 Å². The zero-order chi connectivity index (χ0) is 25.1. The van der Waals surface area contributed by atoms with Gasteiger partial charge < -0.3 is 23.8 Å². The topological polar surface area (TPSA) is 76.9 Å². The van der Waals surface area contributed by atoms with Gasteiger partial charge in [0.25, 0.3) is 5.91 Å². The van der Waals surface area contributed by atoms with Crippen molar-refractivity contribution < 1.29 is 19.1 Å². The van der Waals surface area contributed by atoms with Gasteiger partial charge >= 0.3 is 0 Å². The number of hydrogen-bond acceptors (Lipinski definition) is 5. The second kappa shape index (κ2) is 10.5. The number of methoxy groups -OCH3 is 1. The smallest absolute Gasteiger partial charge is 0.256 e. The highest BCUT2D eigenvalue weighted by Gasteiger charge is 2.33. The number of ether oxygens (including phenoxy) is 2. The van der Waals surface area contributed by atoms with Gasteiger partial charge in [0.05, 0.1) is 25.4 Å². The van der Waals surface area contributed by atoms with Crippen molar-refractivity contribution in [2.75, 3.05) is 33.3 Å². The predicted molar refractivity (Wildman–Crippen MR) is 134 cm³/mol. The summed E-state index contributed by atoms with van der Waals surface area (Å²) in [5, 5.41) is 0.818. The number of aryl methyl sites for hydroxylation is 1. The zero-order valence-electron chi connectivity index (χ0n) is 21.2. The molecule has 1 aliphatic heterocycles. The van der Waals surface area contributed by atoms with E-state index in [-0.39, 0.29) is 24.5 Å². The molecule has 1 atom stereocenters. The average molecular weight is 479 g/mol. The number of carbonyl (C=O) groups is 2. The van der Waals surface area contributed by atoms with Crippen LogP contribution in [0, 0.1) is 12.8 Å². The van der Waals surface area contributed by atoms with E-state index in [1.165, 1.54) is 0 Å². The van der Waals surface area contributed by atoms with Gasteiger partial charge in [-0.25, -0.2) is 0 Å². The van der Waals surface area contributed by atoms with Gasteiger partial charge in [-0.15, -0.1) is 0 Å². The Labute approximate surface area is 206 Å². The summed E-state index contributed by atoms with van der Waals surface area (Å²) in [6.45, 7) is 7.90.